The SMILES string of the molecule is Nc1cccc(SCCS(=O)(=O)NCCCC2CC2)c1. The molecule has 0 bridgehead atoms. The van der Waals surface area contributed by atoms with Crippen LogP contribution in [0.1, 0.15) is 25.7 Å². The standard InChI is InChI=1S/C14H22N2O2S2/c15-13-4-1-5-14(11-13)19-9-10-20(17,18)16-8-2-3-12-6-7-12/h1,4-5,11-12,16H,2-3,6-10,15H2. The summed E-state index contributed by atoms with van der Waals surface area (Å²) in [5.74, 6) is 1.55. The minimum Gasteiger partial charge on any atom is -0.399 e. The van der Waals surface area contributed by atoms with Gasteiger partial charge in [0.1, 0.15) is 0 Å². The highest BCUT2D eigenvalue weighted by atomic mass is 32.2. The molecule has 4 nitrogen and oxygen atoms in total. The Morgan fingerprint density at radius 2 is 2.15 bits per heavy atom. The summed E-state index contributed by atoms with van der Waals surface area (Å²) < 4.78 is 26.3. The molecule has 1 fully saturated rings. The van der Waals surface area contributed by atoms with Crippen LogP contribution in [0.4, 0.5) is 5.69 Å². The highest BCUT2D eigenvalue weighted by Crippen LogP contribution is 2.33. The van der Waals surface area contributed by atoms with E-state index in [1.807, 2.05) is 24.3 Å². The summed E-state index contributed by atoms with van der Waals surface area (Å²) >= 11 is 1.52. The van der Waals surface area contributed by atoms with E-state index in [1.54, 1.807) is 0 Å². The topological polar surface area (TPSA) is 72.2 Å². The average Bonchev–Trinajstić information content (AvgIpc) is 3.19. The van der Waals surface area contributed by atoms with E-state index >= 15 is 0 Å². The summed E-state index contributed by atoms with van der Waals surface area (Å²) in [4.78, 5) is 1.01. The van der Waals surface area contributed by atoms with E-state index in [2.05, 4.69) is 4.72 Å². The first-order valence-electron chi connectivity index (χ1n) is 7.01. The maximum Gasteiger partial charge on any atom is 0.212 e. The Morgan fingerprint density at radius 1 is 1.35 bits per heavy atom. The number of nitrogens with two attached hydrogens (primary N) is 1. The Hall–Kier alpha value is -0.720. The van der Waals surface area contributed by atoms with Gasteiger partial charge in [-0.2, -0.15) is 0 Å². The van der Waals surface area contributed by atoms with E-state index in [1.165, 1.54) is 24.6 Å². The van der Waals surface area contributed by atoms with E-state index < -0.39 is 10.0 Å². The molecular weight excluding hydrogens is 292 g/mol. The van der Waals surface area contributed by atoms with E-state index in [-0.39, 0.29) is 5.75 Å². The highest BCUT2D eigenvalue weighted by Gasteiger charge is 2.20. The van der Waals surface area contributed by atoms with Gasteiger partial charge in [-0.25, -0.2) is 13.1 Å². The number of sulfonamides is 1. The second-order valence-electron chi connectivity index (χ2n) is 5.22. The first-order chi connectivity index (χ1) is 9.55. The highest BCUT2D eigenvalue weighted by molar-refractivity contribution is 8.00. The predicted octanol–water partition coefficient (Wildman–Crippen LogP) is 2.47. The van der Waals surface area contributed by atoms with Crippen molar-refractivity contribution in [3.63, 3.8) is 0 Å². The number of hydrogen-bond donors (Lipinski definition) is 2. The van der Waals surface area contributed by atoms with Gasteiger partial charge < -0.3 is 5.73 Å². The molecule has 3 N–H and O–H groups in total. The minimum atomic E-state index is -3.14. The van der Waals surface area contributed by atoms with Gasteiger partial charge in [-0.1, -0.05) is 18.9 Å². The molecule has 1 aliphatic rings. The van der Waals surface area contributed by atoms with Gasteiger partial charge in [0, 0.05) is 22.9 Å². The lowest BCUT2D eigenvalue weighted by atomic mass is 10.2. The predicted molar refractivity (Wildman–Crippen MR) is 85.3 cm³/mol. The Morgan fingerprint density at radius 3 is 2.85 bits per heavy atom. The van der Waals surface area contributed by atoms with Crippen LogP contribution in [0.2, 0.25) is 0 Å². The van der Waals surface area contributed by atoms with Crippen molar-refractivity contribution in [1.82, 2.24) is 4.72 Å². The first-order valence-corrected chi connectivity index (χ1v) is 9.65. The molecule has 1 aliphatic carbocycles. The molecule has 0 amide bonds. The van der Waals surface area contributed by atoms with Crippen molar-refractivity contribution in [2.24, 2.45) is 5.92 Å². The first kappa shape index (κ1) is 15.7. The average molecular weight is 314 g/mol. The number of nitrogens with one attached hydrogen (secondary N) is 1. The second kappa shape index (κ2) is 7.33. The van der Waals surface area contributed by atoms with Crippen molar-refractivity contribution in [2.45, 2.75) is 30.6 Å². The zero-order valence-corrected chi connectivity index (χ0v) is 13.2. The monoisotopic (exact) mass is 314 g/mol. The zero-order chi connectivity index (χ0) is 14.4. The van der Waals surface area contributed by atoms with Crippen LogP contribution in [-0.2, 0) is 10.0 Å². The van der Waals surface area contributed by atoms with Gasteiger partial charge in [-0.3, -0.25) is 0 Å². The minimum absolute atomic E-state index is 0.149. The fraction of sp³-hybridized carbons (Fsp3) is 0.571. The molecule has 20 heavy (non-hydrogen) atoms. The molecule has 0 aromatic heterocycles. The summed E-state index contributed by atoms with van der Waals surface area (Å²) in [5, 5.41) is 0. The van der Waals surface area contributed by atoms with Gasteiger partial charge in [0.05, 0.1) is 5.75 Å². The quantitative estimate of drug-likeness (QED) is 0.417. The normalized spacial score (nSPS) is 15.4. The molecule has 0 atom stereocenters. The fourth-order valence-corrected chi connectivity index (χ4v) is 4.41. The number of hydrogen-bond acceptors (Lipinski definition) is 4. The van der Waals surface area contributed by atoms with Crippen LogP contribution in [0.15, 0.2) is 29.2 Å². The number of benzene rings is 1. The second-order valence-corrected chi connectivity index (χ2v) is 8.31. The van der Waals surface area contributed by atoms with Crippen molar-refractivity contribution < 1.29 is 8.42 Å². The van der Waals surface area contributed by atoms with Crippen LogP contribution in [0.5, 0.6) is 0 Å². The van der Waals surface area contributed by atoms with Crippen LogP contribution in [0.25, 0.3) is 0 Å². The Kier molecular flexibility index (Phi) is 5.74. The number of anilines is 1. The molecule has 0 aliphatic heterocycles. The van der Waals surface area contributed by atoms with Crippen LogP contribution in [0.3, 0.4) is 0 Å². The van der Waals surface area contributed by atoms with Crippen molar-refractivity contribution in [1.29, 1.82) is 0 Å². The molecule has 1 saturated carbocycles. The summed E-state index contributed by atoms with van der Waals surface area (Å²) in [6.07, 6.45) is 4.75. The maximum atomic E-state index is 11.8. The molecule has 0 heterocycles. The van der Waals surface area contributed by atoms with Crippen LogP contribution in [0, 0.1) is 5.92 Å². The molecule has 112 valence electrons. The van der Waals surface area contributed by atoms with Crippen LogP contribution < -0.4 is 10.5 Å². The van der Waals surface area contributed by atoms with Crippen LogP contribution in [-0.4, -0.2) is 26.5 Å². The summed E-state index contributed by atoms with van der Waals surface area (Å²) in [5.41, 5.74) is 6.39. The summed E-state index contributed by atoms with van der Waals surface area (Å²) in [6, 6.07) is 7.50. The largest absolute Gasteiger partial charge is 0.399 e. The Labute approximate surface area is 125 Å². The van der Waals surface area contributed by atoms with Gasteiger partial charge in [0.2, 0.25) is 10.0 Å². The third-order valence-electron chi connectivity index (χ3n) is 3.29. The van der Waals surface area contributed by atoms with Crippen LogP contribution >= 0.6 is 11.8 Å². The van der Waals surface area contributed by atoms with Gasteiger partial charge in [0.25, 0.3) is 0 Å². The van der Waals surface area contributed by atoms with Crippen molar-refractivity contribution >= 4 is 27.5 Å². The zero-order valence-electron chi connectivity index (χ0n) is 11.5. The molecule has 2 rings (SSSR count). The lowest BCUT2D eigenvalue weighted by Crippen LogP contribution is -2.28. The summed E-state index contributed by atoms with van der Waals surface area (Å²) in [6.45, 7) is 0.571. The van der Waals surface area contributed by atoms with Crippen molar-refractivity contribution in [2.75, 3.05) is 23.8 Å². The fourth-order valence-electron chi connectivity index (χ4n) is 1.97. The Bertz CT molecular complexity index is 528. The molecule has 1 aromatic rings. The van der Waals surface area contributed by atoms with Gasteiger partial charge in [0.15, 0.2) is 0 Å². The third-order valence-corrected chi connectivity index (χ3v) is 5.93. The number of rotatable bonds is 9. The molecule has 6 heteroatoms. The maximum absolute atomic E-state index is 11.8. The van der Waals surface area contributed by atoms with E-state index in [0.717, 1.165) is 23.7 Å². The van der Waals surface area contributed by atoms with Gasteiger partial charge >= 0.3 is 0 Å². The molecule has 0 unspecified atom stereocenters. The van der Waals surface area contributed by atoms with Gasteiger partial charge in [-0.05, 0) is 37.0 Å². The van der Waals surface area contributed by atoms with E-state index in [0.29, 0.717) is 18.0 Å². The van der Waals surface area contributed by atoms with E-state index in [4.69, 9.17) is 5.73 Å². The van der Waals surface area contributed by atoms with Gasteiger partial charge in [-0.15, -0.1) is 11.8 Å². The Balaban J connectivity index is 1.63. The molecular formula is C14H22N2O2S2. The third kappa shape index (κ3) is 6.15. The summed E-state index contributed by atoms with van der Waals surface area (Å²) in [7, 11) is -3.14. The smallest absolute Gasteiger partial charge is 0.212 e. The number of thioether (sulfide) groups is 1. The van der Waals surface area contributed by atoms with Crippen molar-refractivity contribution in [3.8, 4) is 0 Å². The number of nitrogen functional groups attached to an aromatic ring is 1. The molecule has 1 aromatic carbocycles. The van der Waals surface area contributed by atoms with E-state index in [9.17, 15) is 8.42 Å². The lowest BCUT2D eigenvalue weighted by molar-refractivity contribution is 0.574. The molecule has 0 saturated heterocycles. The van der Waals surface area contributed by atoms with Crippen molar-refractivity contribution in [3.05, 3.63) is 24.3 Å². The molecule has 0 radical (unpaired) electrons. The molecule has 0 spiro atoms. The lowest BCUT2D eigenvalue weighted by Gasteiger charge is -2.06.